The van der Waals surface area contributed by atoms with Crippen LogP contribution >= 0.6 is 0 Å². The summed E-state index contributed by atoms with van der Waals surface area (Å²) >= 11 is 0. The SMILES string of the molecule is C1CC2(CCN1)CCO2. The molecule has 0 amide bonds. The zero-order chi connectivity index (χ0) is 6.16. The molecule has 2 aliphatic heterocycles. The topological polar surface area (TPSA) is 21.3 Å². The number of hydrogen-bond donors (Lipinski definition) is 1. The fourth-order valence-corrected chi connectivity index (χ4v) is 1.67. The van der Waals surface area contributed by atoms with Crippen molar-refractivity contribution in [3.8, 4) is 0 Å². The molecule has 2 rings (SSSR count). The molecule has 1 N–H and O–H groups in total. The van der Waals surface area contributed by atoms with E-state index in [9.17, 15) is 0 Å². The Bertz CT molecular complexity index is 101. The second-order valence-corrected chi connectivity index (χ2v) is 3.03. The molecule has 0 unspecified atom stereocenters. The summed E-state index contributed by atoms with van der Waals surface area (Å²) in [5.41, 5.74) is 0.339. The van der Waals surface area contributed by atoms with Crippen molar-refractivity contribution in [3.63, 3.8) is 0 Å². The largest absolute Gasteiger partial charge is 0.375 e. The maximum Gasteiger partial charge on any atom is 0.0728 e. The number of ether oxygens (including phenoxy) is 1. The monoisotopic (exact) mass is 127 g/mol. The van der Waals surface area contributed by atoms with Gasteiger partial charge >= 0.3 is 0 Å². The normalized spacial score (nSPS) is 32.0. The van der Waals surface area contributed by atoms with E-state index in [1.807, 2.05) is 0 Å². The molecule has 2 heteroatoms. The fraction of sp³-hybridized carbons (Fsp3) is 1.00. The second-order valence-electron chi connectivity index (χ2n) is 3.03. The van der Waals surface area contributed by atoms with Crippen LogP contribution in [0.4, 0.5) is 0 Å². The van der Waals surface area contributed by atoms with Crippen molar-refractivity contribution in [3.05, 3.63) is 0 Å². The summed E-state index contributed by atoms with van der Waals surface area (Å²) in [4.78, 5) is 0. The van der Waals surface area contributed by atoms with Crippen LogP contribution in [0.1, 0.15) is 19.3 Å². The quantitative estimate of drug-likeness (QED) is 0.512. The molecule has 0 atom stereocenters. The van der Waals surface area contributed by atoms with E-state index in [4.69, 9.17) is 4.74 Å². The van der Waals surface area contributed by atoms with E-state index in [1.54, 1.807) is 0 Å². The van der Waals surface area contributed by atoms with Gasteiger partial charge in [0, 0.05) is 0 Å². The van der Waals surface area contributed by atoms with Gasteiger partial charge in [-0.2, -0.15) is 0 Å². The van der Waals surface area contributed by atoms with Crippen LogP contribution in [0.5, 0.6) is 0 Å². The van der Waals surface area contributed by atoms with E-state index in [0.717, 1.165) is 19.7 Å². The molecule has 1 spiro atoms. The van der Waals surface area contributed by atoms with E-state index in [2.05, 4.69) is 5.32 Å². The maximum atomic E-state index is 5.52. The molecule has 0 aliphatic carbocycles. The lowest BCUT2D eigenvalue weighted by atomic mass is 9.85. The van der Waals surface area contributed by atoms with Crippen molar-refractivity contribution < 1.29 is 4.74 Å². The number of nitrogens with one attached hydrogen (secondary N) is 1. The minimum absolute atomic E-state index is 0.339. The van der Waals surface area contributed by atoms with Crippen LogP contribution in [0.2, 0.25) is 0 Å². The Morgan fingerprint density at radius 1 is 1.11 bits per heavy atom. The summed E-state index contributed by atoms with van der Waals surface area (Å²) in [5.74, 6) is 0. The first-order valence-electron chi connectivity index (χ1n) is 3.76. The summed E-state index contributed by atoms with van der Waals surface area (Å²) in [6, 6.07) is 0. The molecule has 0 aromatic carbocycles. The molecule has 0 saturated carbocycles. The van der Waals surface area contributed by atoms with Gasteiger partial charge in [0.1, 0.15) is 0 Å². The van der Waals surface area contributed by atoms with Gasteiger partial charge in [0.15, 0.2) is 0 Å². The number of piperidine rings is 1. The Hall–Kier alpha value is -0.0800. The van der Waals surface area contributed by atoms with E-state index in [0.29, 0.717) is 5.60 Å². The van der Waals surface area contributed by atoms with Crippen molar-refractivity contribution >= 4 is 0 Å². The van der Waals surface area contributed by atoms with Crippen molar-refractivity contribution in [2.45, 2.75) is 24.9 Å². The molecule has 0 bridgehead atoms. The average Bonchev–Trinajstić information content (AvgIpc) is 1.87. The molecule has 2 heterocycles. The van der Waals surface area contributed by atoms with Gasteiger partial charge < -0.3 is 10.1 Å². The fourth-order valence-electron chi connectivity index (χ4n) is 1.67. The van der Waals surface area contributed by atoms with Crippen LogP contribution in [-0.2, 0) is 4.74 Å². The van der Waals surface area contributed by atoms with E-state index < -0.39 is 0 Å². The molecular weight excluding hydrogens is 114 g/mol. The summed E-state index contributed by atoms with van der Waals surface area (Å²) in [5, 5.41) is 3.33. The third-order valence-electron chi connectivity index (χ3n) is 2.48. The minimum atomic E-state index is 0.339. The Morgan fingerprint density at radius 3 is 2.11 bits per heavy atom. The predicted octanol–water partition coefficient (Wildman–Crippen LogP) is 0.529. The standard InChI is InChI=1S/C7H13NO/c1-4-8-5-2-7(1)3-6-9-7/h8H,1-6H2. The lowest BCUT2D eigenvalue weighted by Gasteiger charge is -2.44. The van der Waals surface area contributed by atoms with E-state index in [-0.39, 0.29) is 0 Å². The van der Waals surface area contributed by atoms with Crippen LogP contribution in [0.25, 0.3) is 0 Å². The minimum Gasteiger partial charge on any atom is -0.375 e. The second kappa shape index (κ2) is 1.96. The van der Waals surface area contributed by atoms with Gasteiger partial charge in [0.25, 0.3) is 0 Å². The Labute approximate surface area is 55.6 Å². The maximum absolute atomic E-state index is 5.52. The van der Waals surface area contributed by atoms with Gasteiger partial charge in [-0.1, -0.05) is 0 Å². The van der Waals surface area contributed by atoms with Gasteiger partial charge in [-0.25, -0.2) is 0 Å². The summed E-state index contributed by atoms with van der Waals surface area (Å²) in [7, 11) is 0. The highest BCUT2D eigenvalue weighted by atomic mass is 16.5. The number of hydrogen-bond acceptors (Lipinski definition) is 2. The van der Waals surface area contributed by atoms with Crippen LogP contribution in [0.15, 0.2) is 0 Å². The molecule has 0 radical (unpaired) electrons. The summed E-state index contributed by atoms with van der Waals surface area (Å²) in [6.45, 7) is 3.31. The van der Waals surface area contributed by atoms with Crippen molar-refractivity contribution in [1.82, 2.24) is 5.32 Å². The highest BCUT2D eigenvalue weighted by Gasteiger charge is 2.38. The van der Waals surface area contributed by atoms with Gasteiger partial charge in [-0.3, -0.25) is 0 Å². The number of rotatable bonds is 0. The molecule has 0 aromatic rings. The highest BCUT2D eigenvalue weighted by molar-refractivity contribution is 4.91. The average molecular weight is 127 g/mol. The third-order valence-corrected chi connectivity index (χ3v) is 2.48. The summed E-state index contributed by atoms with van der Waals surface area (Å²) in [6.07, 6.45) is 3.76. The first-order chi connectivity index (χ1) is 4.41. The van der Waals surface area contributed by atoms with Crippen molar-refractivity contribution in [2.24, 2.45) is 0 Å². The lowest BCUT2D eigenvalue weighted by Crippen LogP contribution is -2.51. The predicted molar refractivity (Wildman–Crippen MR) is 35.4 cm³/mol. The smallest absolute Gasteiger partial charge is 0.0728 e. The molecule has 9 heavy (non-hydrogen) atoms. The Kier molecular flexibility index (Phi) is 1.24. The zero-order valence-electron chi connectivity index (χ0n) is 5.65. The van der Waals surface area contributed by atoms with Crippen LogP contribution in [0.3, 0.4) is 0 Å². The summed E-state index contributed by atoms with van der Waals surface area (Å²) < 4.78 is 5.52. The van der Waals surface area contributed by atoms with Gasteiger partial charge in [0.05, 0.1) is 12.2 Å². The van der Waals surface area contributed by atoms with E-state index >= 15 is 0 Å². The van der Waals surface area contributed by atoms with Crippen molar-refractivity contribution in [2.75, 3.05) is 19.7 Å². The van der Waals surface area contributed by atoms with Crippen LogP contribution < -0.4 is 5.32 Å². The van der Waals surface area contributed by atoms with Gasteiger partial charge in [-0.15, -0.1) is 0 Å². The first kappa shape index (κ1) is 5.69. The zero-order valence-corrected chi connectivity index (χ0v) is 5.65. The van der Waals surface area contributed by atoms with E-state index in [1.165, 1.54) is 19.3 Å². The van der Waals surface area contributed by atoms with Crippen molar-refractivity contribution in [1.29, 1.82) is 0 Å². The molecule has 2 nitrogen and oxygen atoms in total. The first-order valence-corrected chi connectivity index (χ1v) is 3.76. The van der Waals surface area contributed by atoms with Crippen LogP contribution in [0, 0.1) is 0 Å². The third kappa shape index (κ3) is 0.864. The molecule has 52 valence electrons. The molecule has 2 fully saturated rings. The molecule has 2 saturated heterocycles. The highest BCUT2D eigenvalue weighted by Crippen LogP contribution is 2.34. The Balaban J connectivity index is 1.93. The van der Waals surface area contributed by atoms with Crippen LogP contribution in [-0.4, -0.2) is 25.3 Å². The van der Waals surface area contributed by atoms with Gasteiger partial charge in [-0.05, 0) is 32.4 Å². The Morgan fingerprint density at radius 2 is 1.78 bits per heavy atom. The molecule has 2 aliphatic rings. The molecular formula is C7H13NO. The lowest BCUT2D eigenvalue weighted by molar-refractivity contribution is -0.160. The van der Waals surface area contributed by atoms with Gasteiger partial charge in [0.2, 0.25) is 0 Å². The molecule has 0 aromatic heterocycles.